The minimum absolute atomic E-state index is 0.00826. The number of carbonyl (C=O) groups excluding carboxylic acids is 1. The predicted molar refractivity (Wildman–Crippen MR) is 92.2 cm³/mol. The summed E-state index contributed by atoms with van der Waals surface area (Å²) in [6.07, 6.45) is 1.87. The van der Waals surface area contributed by atoms with Crippen molar-refractivity contribution in [1.29, 1.82) is 0 Å². The van der Waals surface area contributed by atoms with E-state index in [2.05, 4.69) is 15.5 Å². The van der Waals surface area contributed by atoms with Gasteiger partial charge in [0.25, 0.3) is 0 Å². The summed E-state index contributed by atoms with van der Waals surface area (Å²) in [6, 6.07) is 5.69. The number of nitrogens with zero attached hydrogens (tertiary/aromatic N) is 2. The highest BCUT2D eigenvalue weighted by Gasteiger charge is 2.23. The molecule has 25 heavy (non-hydrogen) atoms. The van der Waals surface area contributed by atoms with E-state index in [1.54, 1.807) is 13.0 Å². The summed E-state index contributed by atoms with van der Waals surface area (Å²) in [7, 11) is 0. The maximum absolute atomic E-state index is 13.2. The molecule has 1 fully saturated rings. The quantitative estimate of drug-likeness (QED) is 0.764. The van der Waals surface area contributed by atoms with Crippen LogP contribution in [0.25, 0.3) is 0 Å². The average Bonchev–Trinajstić information content (AvgIpc) is 3.20. The van der Waals surface area contributed by atoms with Gasteiger partial charge in [-0.1, -0.05) is 17.8 Å². The van der Waals surface area contributed by atoms with Gasteiger partial charge in [-0.3, -0.25) is 9.36 Å². The Morgan fingerprint density at radius 2 is 2.44 bits per heavy atom. The van der Waals surface area contributed by atoms with E-state index in [4.69, 9.17) is 4.74 Å². The van der Waals surface area contributed by atoms with Gasteiger partial charge in [-0.2, -0.15) is 0 Å². The van der Waals surface area contributed by atoms with Gasteiger partial charge < -0.3 is 10.1 Å². The summed E-state index contributed by atoms with van der Waals surface area (Å²) in [5.74, 6) is -0.717. The van der Waals surface area contributed by atoms with Crippen LogP contribution in [0.5, 0.6) is 0 Å². The predicted octanol–water partition coefficient (Wildman–Crippen LogP) is 2.01. The molecule has 134 valence electrons. The summed E-state index contributed by atoms with van der Waals surface area (Å²) in [4.78, 5) is 24.2. The lowest BCUT2D eigenvalue weighted by atomic mass is 10.2. The Kier molecular flexibility index (Phi) is 5.54. The zero-order chi connectivity index (χ0) is 17.8. The molecule has 0 bridgehead atoms. The summed E-state index contributed by atoms with van der Waals surface area (Å²) in [5, 5.41) is 8.98. The van der Waals surface area contributed by atoms with E-state index in [0.29, 0.717) is 24.0 Å². The highest BCUT2D eigenvalue weighted by Crippen LogP contribution is 2.23. The lowest BCUT2D eigenvalue weighted by molar-refractivity contribution is -0.115. The molecular formula is C16H19FN4O3S. The van der Waals surface area contributed by atoms with Gasteiger partial charge in [0.2, 0.25) is 5.91 Å². The Morgan fingerprint density at radius 1 is 1.60 bits per heavy atom. The minimum Gasteiger partial charge on any atom is -0.376 e. The Labute approximate surface area is 148 Å². The highest BCUT2D eigenvalue weighted by molar-refractivity contribution is 8.00. The van der Waals surface area contributed by atoms with Gasteiger partial charge in [0.1, 0.15) is 5.82 Å². The lowest BCUT2D eigenvalue weighted by Gasteiger charge is -2.14. The molecule has 2 N–H and O–H groups in total. The van der Waals surface area contributed by atoms with Crippen molar-refractivity contribution in [3.05, 3.63) is 40.6 Å². The molecule has 0 spiro atoms. The smallest absolute Gasteiger partial charge is 0.344 e. The monoisotopic (exact) mass is 366 g/mol. The van der Waals surface area contributed by atoms with Crippen molar-refractivity contribution < 1.29 is 13.9 Å². The third kappa shape index (κ3) is 4.49. The van der Waals surface area contributed by atoms with Crippen molar-refractivity contribution in [2.45, 2.75) is 42.8 Å². The Bertz CT molecular complexity index is 801. The van der Waals surface area contributed by atoms with Gasteiger partial charge in [0.05, 0.1) is 17.9 Å². The molecule has 2 atom stereocenters. The van der Waals surface area contributed by atoms with Gasteiger partial charge in [-0.25, -0.2) is 14.3 Å². The SMILES string of the molecule is CC(Sc1n[nH]c(=O)n1CC1CCCO1)C(=O)Nc1cccc(F)c1. The lowest BCUT2D eigenvalue weighted by Crippen LogP contribution is -2.27. The number of amides is 1. The number of carbonyl (C=O) groups is 1. The van der Waals surface area contributed by atoms with Crippen LogP contribution in [0.15, 0.2) is 34.2 Å². The molecule has 1 aromatic heterocycles. The number of hydrogen-bond donors (Lipinski definition) is 2. The number of aromatic nitrogens is 3. The van der Waals surface area contributed by atoms with E-state index in [9.17, 15) is 14.0 Å². The number of hydrogen-bond acceptors (Lipinski definition) is 5. The van der Waals surface area contributed by atoms with Crippen LogP contribution >= 0.6 is 11.8 Å². The average molecular weight is 366 g/mol. The van der Waals surface area contributed by atoms with Crippen molar-refractivity contribution in [2.75, 3.05) is 11.9 Å². The van der Waals surface area contributed by atoms with E-state index in [-0.39, 0.29) is 17.7 Å². The van der Waals surface area contributed by atoms with Crippen molar-refractivity contribution >= 4 is 23.4 Å². The number of H-pyrrole nitrogens is 1. The third-order valence-corrected chi connectivity index (χ3v) is 4.97. The van der Waals surface area contributed by atoms with Crippen LogP contribution < -0.4 is 11.0 Å². The fourth-order valence-corrected chi connectivity index (χ4v) is 3.43. The second-order valence-corrected chi connectivity index (χ2v) is 7.12. The Morgan fingerprint density at radius 3 is 3.16 bits per heavy atom. The highest BCUT2D eigenvalue weighted by atomic mass is 32.2. The number of nitrogens with one attached hydrogen (secondary N) is 2. The molecule has 0 aliphatic carbocycles. The zero-order valence-electron chi connectivity index (χ0n) is 13.7. The number of anilines is 1. The number of rotatable bonds is 6. The van der Waals surface area contributed by atoms with E-state index < -0.39 is 11.1 Å². The molecule has 1 aliphatic rings. The third-order valence-electron chi connectivity index (χ3n) is 3.88. The van der Waals surface area contributed by atoms with Gasteiger partial charge in [0.15, 0.2) is 5.16 Å². The first kappa shape index (κ1) is 17.7. The Hall–Kier alpha value is -2.13. The number of halogens is 1. The molecule has 7 nitrogen and oxygen atoms in total. The fraction of sp³-hybridized carbons (Fsp3) is 0.438. The fourth-order valence-electron chi connectivity index (χ4n) is 2.57. The van der Waals surface area contributed by atoms with Gasteiger partial charge in [0, 0.05) is 12.3 Å². The second-order valence-electron chi connectivity index (χ2n) is 5.82. The van der Waals surface area contributed by atoms with Crippen LogP contribution in [-0.2, 0) is 16.1 Å². The maximum Gasteiger partial charge on any atom is 0.344 e. The van der Waals surface area contributed by atoms with Crippen LogP contribution in [0, 0.1) is 5.82 Å². The molecule has 2 unspecified atom stereocenters. The van der Waals surface area contributed by atoms with E-state index in [1.165, 1.54) is 34.5 Å². The number of thioether (sulfide) groups is 1. The van der Waals surface area contributed by atoms with Crippen molar-refractivity contribution in [3.8, 4) is 0 Å². The van der Waals surface area contributed by atoms with Gasteiger partial charge in [-0.05, 0) is 38.0 Å². The normalized spacial score (nSPS) is 18.2. The van der Waals surface area contributed by atoms with Gasteiger partial charge in [-0.15, -0.1) is 5.10 Å². The maximum atomic E-state index is 13.2. The zero-order valence-corrected chi connectivity index (χ0v) is 14.5. The van der Waals surface area contributed by atoms with Crippen LogP contribution in [-0.4, -0.2) is 38.6 Å². The summed E-state index contributed by atoms with van der Waals surface area (Å²) < 4.78 is 20.2. The first-order chi connectivity index (χ1) is 12.0. The minimum atomic E-state index is -0.512. The second kappa shape index (κ2) is 7.83. The van der Waals surface area contributed by atoms with Crippen molar-refractivity contribution in [1.82, 2.24) is 14.8 Å². The first-order valence-electron chi connectivity index (χ1n) is 8.03. The molecule has 0 saturated carbocycles. The van der Waals surface area contributed by atoms with Crippen LogP contribution in [0.4, 0.5) is 10.1 Å². The molecule has 2 aromatic rings. The van der Waals surface area contributed by atoms with Gasteiger partial charge >= 0.3 is 5.69 Å². The number of ether oxygens (including phenoxy) is 1. The molecule has 1 saturated heterocycles. The van der Waals surface area contributed by atoms with E-state index in [0.717, 1.165) is 12.8 Å². The molecule has 1 amide bonds. The molecule has 9 heteroatoms. The van der Waals surface area contributed by atoms with Crippen molar-refractivity contribution in [2.24, 2.45) is 0 Å². The van der Waals surface area contributed by atoms with Crippen LogP contribution in [0.2, 0.25) is 0 Å². The molecule has 3 rings (SSSR count). The van der Waals surface area contributed by atoms with Crippen LogP contribution in [0.3, 0.4) is 0 Å². The molecule has 1 aromatic carbocycles. The van der Waals surface area contributed by atoms with Crippen LogP contribution in [0.1, 0.15) is 19.8 Å². The van der Waals surface area contributed by atoms with E-state index >= 15 is 0 Å². The van der Waals surface area contributed by atoms with Crippen molar-refractivity contribution in [3.63, 3.8) is 0 Å². The Balaban J connectivity index is 1.65. The topological polar surface area (TPSA) is 89.0 Å². The summed E-state index contributed by atoms with van der Waals surface area (Å²) >= 11 is 1.17. The van der Waals surface area contributed by atoms with E-state index in [1.807, 2.05) is 0 Å². The largest absolute Gasteiger partial charge is 0.376 e. The molecular weight excluding hydrogens is 347 g/mol. The molecule has 0 radical (unpaired) electrons. The molecule has 2 heterocycles. The number of aromatic amines is 1. The summed E-state index contributed by atoms with van der Waals surface area (Å²) in [5.41, 5.74) is 0.0620. The summed E-state index contributed by atoms with van der Waals surface area (Å²) in [6.45, 7) is 2.82. The molecule has 1 aliphatic heterocycles. The number of benzene rings is 1. The first-order valence-corrected chi connectivity index (χ1v) is 8.91. The standard InChI is InChI=1S/C16H19FN4O3S/c1-10(14(22)18-12-5-2-4-11(17)8-12)25-16-20-19-15(23)21(16)9-13-6-3-7-24-13/h2,4-5,8,10,13H,3,6-7,9H2,1H3,(H,18,22)(H,19,23).